The summed E-state index contributed by atoms with van der Waals surface area (Å²) in [6, 6.07) is 0. The third kappa shape index (κ3) is 4.80. The largest absolute Gasteiger partial charge is 0.462 e. The molecule has 4 heteroatoms. The van der Waals surface area contributed by atoms with E-state index in [0.29, 0.717) is 6.61 Å². The van der Waals surface area contributed by atoms with Gasteiger partial charge in [0.05, 0.1) is 12.0 Å². The summed E-state index contributed by atoms with van der Waals surface area (Å²) in [7, 11) is 0. The van der Waals surface area contributed by atoms with Gasteiger partial charge in [-0.2, -0.15) is 0 Å². The van der Waals surface area contributed by atoms with Crippen LogP contribution >= 0.6 is 0 Å². The second kappa shape index (κ2) is 8.84. The number of hydrogen-bond donors (Lipinski definition) is 0. The quantitative estimate of drug-likeness (QED) is 0.527. The third-order valence-corrected chi connectivity index (χ3v) is 4.82. The molecular weight excluding hydrogens is 292 g/mol. The molecule has 1 aliphatic carbocycles. The Hall–Kier alpha value is -0.870. The molecule has 2 atom stereocenters. The first kappa shape index (κ1) is 20.2. The van der Waals surface area contributed by atoms with Crippen LogP contribution in [-0.2, 0) is 19.0 Å². The summed E-state index contributed by atoms with van der Waals surface area (Å²) < 4.78 is 17.3. The molecule has 4 nitrogen and oxygen atoms in total. The van der Waals surface area contributed by atoms with Gasteiger partial charge in [0.2, 0.25) is 0 Å². The molecule has 0 radical (unpaired) electrons. The lowest BCUT2D eigenvalue weighted by molar-refractivity contribution is -0.174. The van der Waals surface area contributed by atoms with E-state index in [4.69, 9.17) is 14.2 Å². The van der Waals surface area contributed by atoms with Crippen molar-refractivity contribution < 1.29 is 19.0 Å². The maximum Gasteiger partial charge on any atom is 0.315 e. The third-order valence-electron chi connectivity index (χ3n) is 4.82. The molecule has 1 spiro atoms. The Morgan fingerprint density at radius 1 is 1.35 bits per heavy atom. The van der Waals surface area contributed by atoms with Crippen molar-refractivity contribution in [1.29, 1.82) is 0 Å². The van der Waals surface area contributed by atoms with Crippen LogP contribution in [0.2, 0.25) is 0 Å². The minimum Gasteiger partial charge on any atom is -0.462 e. The Morgan fingerprint density at radius 2 is 1.96 bits per heavy atom. The van der Waals surface area contributed by atoms with Gasteiger partial charge in [-0.15, -0.1) is 0 Å². The van der Waals surface area contributed by atoms with Crippen molar-refractivity contribution >= 4 is 5.97 Å². The summed E-state index contributed by atoms with van der Waals surface area (Å²) in [5.74, 6) is -0.592. The summed E-state index contributed by atoms with van der Waals surface area (Å²) in [5.41, 5.74) is 0.254. The second-order valence-electron chi connectivity index (χ2n) is 6.63. The SMILES string of the molecule is C=C(C)C(C)(CCC)C(=O)OCC1COC2(CCCC2)O1.CC. The van der Waals surface area contributed by atoms with Gasteiger partial charge in [0.25, 0.3) is 0 Å². The van der Waals surface area contributed by atoms with Gasteiger partial charge >= 0.3 is 5.97 Å². The molecule has 0 N–H and O–H groups in total. The van der Waals surface area contributed by atoms with Crippen molar-refractivity contribution in [3.8, 4) is 0 Å². The van der Waals surface area contributed by atoms with Crippen molar-refractivity contribution in [3.63, 3.8) is 0 Å². The van der Waals surface area contributed by atoms with Crippen LogP contribution in [0, 0.1) is 5.41 Å². The van der Waals surface area contributed by atoms with Crippen LogP contribution in [0.25, 0.3) is 0 Å². The fourth-order valence-corrected chi connectivity index (χ4v) is 3.19. The monoisotopic (exact) mass is 326 g/mol. The van der Waals surface area contributed by atoms with Crippen LogP contribution < -0.4 is 0 Å². The van der Waals surface area contributed by atoms with Gasteiger partial charge in [0, 0.05) is 12.8 Å². The van der Waals surface area contributed by atoms with Crippen LogP contribution in [0.15, 0.2) is 12.2 Å². The Balaban J connectivity index is 0.00000127. The van der Waals surface area contributed by atoms with Crippen LogP contribution in [0.5, 0.6) is 0 Å². The summed E-state index contributed by atoms with van der Waals surface area (Å²) in [5, 5.41) is 0. The van der Waals surface area contributed by atoms with Gasteiger partial charge in [-0.3, -0.25) is 4.79 Å². The standard InChI is InChI=1S/C17H28O4.C2H6/c1-5-8-16(4,13(2)3)15(18)19-11-14-12-20-17(21-14)9-6-7-10-17;1-2/h14H,2,5-12H2,1,3-4H3;1-2H3. The Morgan fingerprint density at radius 3 is 2.48 bits per heavy atom. The van der Waals surface area contributed by atoms with Gasteiger partial charge in [-0.05, 0) is 33.1 Å². The predicted octanol–water partition coefficient (Wildman–Crippen LogP) is 4.62. The fourth-order valence-electron chi connectivity index (χ4n) is 3.19. The topological polar surface area (TPSA) is 44.8 Å². The number of rotatable bonds is 6. The molecular formula is C19H34O4. The van der Waals surface area contributed by atoms with Crippen LogP contribution in [0.4, 0.5) is 0 Å². The van der Waals surface area contributed by atoms with E-state index in [9.17, 15) is 4.79 Å². The first-order chi connectivity index (χ1) is 10.9. The van der Waals surface area contributed by atoms with E-state index in [-0.39, 0.29) is 18.7 Å². The summed E-state index contributed by atoms with van der Waals surface area (Å²) in [6.07, 6.45) is 5.75. The molecule has 134 valence electrons. The van der Waals surface area contributed by atoms with E-state index in [0.717, 1.165) is 44.1 Å². The molecule has 2 fully saturated rings. The zero-order chi connectivity index (χ0) is 17.5. The first-order valence-corrected chi connectivity index (χ1v) is 9.07. The van der Waals surface area contributed by atoms with E-state index in [1.54, 1.807) is 0 Å². The molecule has 23 heavy (non-hydrogen) atoms. The Bertz CT molecular complexity index is 398. The van der Waals surface area contributed by atoms with Crippen molar-refractivity contribution in [1.82, 2.24) is 0 Å². The molecule has 1 heterocycles. The number of carbonyl (C=O) groups excluding carboxylic acids is 1. The molecule has 0 aromatic carbocycles. The lowest BCUT2D eigenvalue weighted by Gasteiger charge is -2.28. The normalized spacial score (nSPS) is 24.7. The van der Waals surface area contributed by atoms with Crippen molar-refractivity contribution in [2.75, 3.05) is 13.2 Å². The van der Waals surface area contributed by atoms with E-state index in [1.807, 2.05) is 27.7 Å². The van der Waals surface area contributed by atoms with Crippen LogP contribution in [0.3, 0.4) is 0 Å². The Labute approximate surface area is 141 Å². The molecule has 0 bridgehead atoms. The minimum absolute atomic E-state index is 0.136. The average Bonchev–Trinajstić information content (AvgIpc) is 3.17. The highest BCUT2D eigenvalue weighted by molar-refractivity contribution is 5.79. The lowest BCUT2D eigenvalue weighted by Crippen LogP contribution is -2.34. The predicted molar refractivity (Wildman–Crippen MR) is 92.2 cm³/mol. The number of esters is 1. The van der Waals surface area contributed by atoms with Gasteiger partial charge in [0.15, 0.2) is 5.79 Å². The number of ether oxygens (including phenoxy) is 3. The van der Waals surface area contributed by atoms with Crippen LogP contribution in [-0.4, -0.2) is 31.1 Å². The van der Waals surface area contributed by atoms with E-state index >= 15 is 0 Å². The van der Waals surface area contributed by atoms with E-state index in [1.165, 1.54) is 0 Å². The van der Waals surface area contributed by atoms with E-state index in [2.05, 4.69) is 13.5 Å². The molecule has 1 saturated heterocycles. The highest BCUT2D eigenvalue weighted by Gasteiger charge is 2.44. The highest BCUT2D eigenvalue weighted by atomic mass is 16.8. The molecule has 1 aliphatic heterocycles. The minimum atomic E-state index is -0.598. The van der Waals surface area contributed by atoms with Gasteiger partial charge < -0.3 is 14.2 Å². The average molecular weight is 326 g/mol. The first-order valence-electron chi connectivity index (χ1n) is 9.07. The smallest absolute Gasteiger partial charge is 0.315 e. The van der Waals surface area contributed by atoms with Gasteiger partial charge in [-0.25, -0.2) is 0 Å². The molecule has 0 amide bonds. The maximum atomic E-state index is 12.4. The Kier molecular flexibility index (Phi) is 7.75. The van der Waals surface area contributed by atoms with Gasteiger partial charge in [-0.1, -0.05) is 39.3 Å². The van der Waals surface area contributed by atoms with Gasteiger partial charge in [0.1, 0.15) is 12.7 Å². The van der Waals surface area contributed by atoms with Crippen LogP contribution in [0.1, 0.15) is 73.1 Å². The molecule has 0 aromatic rings. The lowest BCUT2D eigenvalue weighted by atomic mass is 9.80. The highest BCUT2D eigenvalue weighted by Crippen LogP contribution is 2.39. The summed E-state index contributed by atoms with van der Waals surface area (Å²) in [4.78, 5) is 12.4. The molecule has 1 saturated carbocycles. The fraction of sp³-hybridized carbons (Fsp3) is 0.842. The van der Waals surface area contributed by atoms with Crippen molar-refractivity contribution in [3.05, 3.63) is 12.2 Å². The van der Waals surface area contributed by atoms with E-state index < -0.39 is 11.2 Å². The second-order valence-corrected chi connectivity index (χ2v) is 6.63. The number of hydrogen-bond acceptors (Lipinski definition) is 4. The summed E-state index contributed by atoms with van der Waals surface area (Å²) in [6.45, 7) is 14.6. The molecule has 2 aliphatic rings. The van der Waals surface area contributed by atoms with Crippen molar-refractivity contribution in [2.24, 2.45) is 5.41 Å². The summed E-state index contributed by atoms with van der Waals surface area (Å²) >= 11 is 0. The number of carbonyl (C=O) groups is 1. The zero-order valence-electron chi connectivity index (χ0n) is 15.6. The maximum absolute atomic E-state index is 12.4. The zero-order valence-corrected chi connectivity index (χ0v) is 15.6. The van der Waals surface area contributed by atoms with Crippen molar-refractivity contribution in [2.45, 2.75) is 85.0 Å². The molecule has 0 aromatic heterocycles. The molecule has 2 unspecified atom stereocenters. The molecule has 2 rings (SSSR count).